The van der Waals surface area contributed by atoms with Crippen molar-refractivity contribution in [2.45, 2.75) is 39.7 Å². The van der Waals surface area contributed by atoms with Crippen LogP contribution in [0.5, 0.6) is 0 Å². The summed E-state index contributed by atoms with van der Waals surface area (Å²) in [5, 5.41) is 4.53. The van der Waals surface area contributed by atoms with Crippen molar-refractivity contribution in [2.24, 2.45) is 7.05 Å². The molecule has 25 heavy (non-hydrogen) atoms. The molecule has 1 saturated heterocycles. The summed E-state index contributed by atoms with van der Waals surface area (Å²) >= 11 is 0. The molecular formula is C19H23N5O. The van der Waals surface area contributed by atoms with Crippen molar-refractivity contribution in [1.82, 2.24) is 24.1 Å². The van der Waals surface area contributed by atoms with Gasteiger partial charge in [-0.05, 0) is 45.7 Å². The van der Waals surface area contributed by atoms with Gasteiger partial charge in [-0.25, -0.2) is 4.98 Å². The molecule has 1 fully saturated rings. The Balaban J connectivity index is 1.72. The van der Waals surface area contributed by atoms with Crippen LogP contribution in [0.15, 0.2) is 24.4 Å². The molecule has 6 heteroatoms. The molecule has 3 aromatic heterocycles. The van der Waals surface area contributed by atoms with E-state index in [0.29, 0.717) is 5.69 Å². The first kappa shape index (κ1) is 15.9. The molecule has 0 saturated carbocycles. The van der Waals surface area contributed by atoms with Gasteiger partial charge in [0.1, 0.15) is 11.3 Å². The molecule has 3 aromatic rings. The summed E-state index contributed by atoms with van der Waals surface area (Å²) in [7, 11) is 1.96. The van der Waals surface area contributed by atoms with Gasteiger partial charge in [-0.1, -0.05) is 6.07 Å². The topological polar surface area (TPSA) is 55.4 Å². The van der Waals surface area contributed by atoms with E-state index in [1.54, 1.807) is 0 Å². The van der Waals surface area contributed by atoms with Gasteiger partial charge in [0.2, 0.25) is 0 Å². The van der Waals surface area contributed by atoms with E-state index in [2.05, 4.69) is 17.0 Å². The van der Waals surface area contributed by atoms with Crippen LogP contribution in [0.25, 0.3) is 5.65 Å². The Bertz CT molecular complexity index is 968. The molecule has 6 nitrogen and oxygen atoms in total. The zero-order chi connectivity index (χ0) is 17.7. The van der Waals surface area contributed by atoms with E-state index in [-0.39, 0.29) is 11.9 Å². The molecule has 0 bridgehead atoms. The van der Waals surface area contributed by atoms with E-state index in [1.165, 1.54) is 5.56 Å². The number of likely N-dealkylation sites (tertiary alicyclic amines) is 1. The van der Waals surface area contributed by atoms with Gasteiger partial charge in [0.05, 0.1) is 11.7 Å². The lowest BCUT2D eigenvalue weighted by molar-refractivity contribution is 0.0729. The van der Waals surface area contributed by atoms with E-state index in [4.69, 9.17) is 0 Å². The minimum atomic E-state index is 0.00764. The van der Waals surface area contributed by atoms with Crippen LogP contribution < -0.4 is 0 Å². The molecule has 4 rings (SSSR count). The van der Waals surface area contributed by atoms with Crippen LogP contribution in [0.4, 0.5) is 0 Å². The molecule has 0 radical (unpaired) electrons. The van der Waals surface area contributed by atoms with Gasteiger partial charge < -0.3 is 9.30 Å². The highest BCUT2D eigenvalue weighted by Gasteiger charge is 2.34. The molecule has 1 atom stereocenters. The predicted molar refractivity (Wildman–Crippen MR) is 95.6 cm³/mol. The molecule has 0 spiro atoms. The van der Waals surface area contributed by atoms with Crippen molar-refractivity contribution in [3.63, 3.8) is 0 Å². The van der Waals surface area contributed by atoms with Crippen LogP contribution in [-0.4, -0.2) is 36.5 Å². The molecule has 130 valence electrons. The van der Waals surface area contributed by atoms with Gasteiger partial charge in [-0.15, -0.1) is 0 Å². The number of amides is 1. The van der Waals surface area contributed by atoms with Gasteiger partial charge >= 0.3 is 0 Å². The third kappa shape index (κ3) is 2.44. The molecule has 0 N–H and O–H groups in total. The van der Waals surface area contributed by atoms with Gasteiger partial charge in [-0.3, -0.25) is 9.48 Å². The number of pyridine rings is 1. The normalized spacial score (nSPS) is 17.6. The second-order valence-electron chi connectivity index (χ2n) is 6.89. The van der Waals surface area contributed by atoms with Crippen LogP contribution in [0.1, 0.15) is 52.0 Å². The summed E-state index contributed by atoms with van der Waals surface area (Å²) in [4.78, 5) is 19.7. The summed E-state index contributed by atoms with van der Waals surface area (Å²) in [6, 6.07) is 6.00. The van der Waals surface area contributed by atoms with Gasteiger partial charge in [0, 0.05) is 36.7 Å². The lowest BCUT2D eigenvalue weighted by Gasteiger charge is -2.24. The number of nitrogens with zero attached hydrogens (tertiary/aromatic N) is 5. The number of aromatic nitrogens is 4. The van der Waals surface area contributed by atoms with Crippen LogP contribution in [-0.2, 0) is 7.05 Å². The smallest absolute Gasteiger partial charge is 0.274 e. The maximum atomic E-state index is 13.2. The van der Waals surface area contributed by atoms with Crippen molar-refractivity contribution < 1.29 is 4.79 Å². The standard InChI is InChI=1S/C19H23N5O/c1-12-7-5-9-17-20-15(11-24(12)17)19(25)23-10-6-8-16(23)18-13(2)21-22(4)14(18)3/h5,7,9,11,16H,6,8,10H2,1-4H3/t16-/m1/s1. The lowest BCUT2D eigenvalue weighted by atomic mass is 10.0. The second-order valence-corrected chi connectivity index (χ2v) is 6.89. The summed E-state index contributed by atoms with van der Waals surface area (Å²) < 4.78 is 3.87. The van der Waals surface area contributed by atoms with Crippen LogP contribution in [0.3, 0.4) is 0 Å². The highest BCUT2D eigenvalue weighted by Crippen LogP contribution is 2.36. The number of carbonyl (C=O) groups excluding carboxylic acids is 1. The molecule has 1 aliphatic rings. The SMILES string of the molecule is Cc1nn(C)c(C)c1[C@H]1CCCN1C(=O)c1cn2c(C)cccc2n1. The quantitative estimate of drug-likeness (QED) is 0.722. The number of aryl methyl sites for hydroxylation is 3. The van der Waals surface area contributed by atoms with E-state index >= 15 is 0 Å². The maximum Gasteiger partial charge on any atom is 0.274 e. The predicted octanol–water partition coefficient (Wildman–Crippen LogP) is 2.97. The van der Waals surface area contributed by atoms with Gasteiger partial charge in [0.15, 0.2) is 0 Å². The Hall–Kier alpha value is -2.63. The second kappa shape index (κ2) is 5.72. The van der Waals surface area contributed by atoms with Crippen molar-refractivity contribution in [3.8, 4) is 0 Å². The number of hydrogen-bond acceptors (Lipinski definition) is 3. The number of fused-ring (bicyclic) bond motifs is 1. The van der Waals surface area contributed by atoms with Crippen LogP contribution in [0, 0.1) is 20.8 Å². The first-order valence-corrected chi connectivity index (χ1v) is 8.73. The Morgan fingerprint density at radius 2 is 2.04 bits per heavy atom. The Morgan fingerprint density at radius 3 is 2.72 bits per heavy atom. The molecule has 1 amide bonds. The Morgan fingerprint density at radius 1 is 1.24 bits per heavy atom. The molecule has 1 aliphatic heterocycles. The number of imidazole rings is 1. The van der Waals surface area contributed by atoms with E-state index in [1.807, 2.05) is 59.3 Å². The summed E-state index contributed by atoms with van der Waals surface area (Å²) in [6.07, 6.45) is 3.84. The Kier molecular flexibility index (Phi) is 3.63. The lowest BCUT2D eigenvalue weighted by Crippen LogP contribution is -2.31. The van der Waals surface area contributed by atoms with Crippen molar-refractivity contribution in [1.29, 1.82) is 0 Å². The van der Waals surface area contributed by atoms with Crippen molar-refractivity contribution in [3.05, 3.63) is 52.7 Å². The monoisotopic (exact) mass is 337 g/mol. The highest BCUT2D eigenvalue weighted by molar-refractivity contribution is 5.93. The fraction of sp³-hybridized carbons (Fsp3) is 0.421. The minimum absolute atomic E-state index is 0.00764. The molecule has 0 unspecified atom stereocenters. The van der Waals surface area contributed by atoms with Gasteiger partial charge in [-0.2, -0.15) is 5.10 Å². The Labute approximate surface area is 147 Å². The zero-order valence-electron chi connectivity index (χ0n) is 15.2. The largest absolute Gasteiger partial charge is 0.330 e. The fourth-order valence-electron chi connectivity index (χ4n) is 3.98. The zero-order valence-corrected chi connectivity index (χ0v) is 15.2. The van der Waals surface area contributed by atoms with E-state index in [0.717, 1.165) is 42.1 Å². The molecule has 4 heterocycles. The van der Waals surface area contributed by atoms with E-state index < -0.39 is 0 Å². The third-order valence-corrected chi connectivity index (χ3v) is 5.33. The first-order chi connectivity index (χ1) is 12.0. The molecular weight excluding hydrogens is 314 g/mol. The average molecular weight is 337 g/mol. The summed E-state index contributed by atoms with van der Waals surface area (Å²) in [5.74, 6) is 0.00764. The van der Waals surface area contributed by atoms with Gasteiger partial charge in [0.25, 0.3) is 5.91 Å². The minimum Gasteiger partial charge on any atom is -0.330 e. The van der Waals surface area contributed by atoms with Crippen molar-refractivity contribution >= 4 is 11.6 Å². The third-order valence-electron chi connectivity index (χ3n) is 5.33. The van der Waals surface area contributed by atoms with Crippen LogP contribution >= 0.6 is 0 Å². The molecule has 0 aliphatic carbocycles. The number of hydrogen-bond donors (Lipinski definition) is 0. The average Bonchev–Trinajstić information content (AvgIpc) is 3.26. The highest BCUT2D eigenvalue weighted by atomic mass is 16.2. The first-order valence-electron chi connectivity index (χ1n) is 8.73. The number of rotatable bonds is 2. The molecule has 0 aromatic carbocycles. The summed E-state index contributed by atoms with van der Waals surface area (Å²) in [5.41, 5.74) is 5.73. The van der Waals surface area contributed by atoms with E-state index in [9.17, 15) is 4.79 Å². The van der Waals surface area contributed by atoms with Crippen LogP contribution in [0.2, 0.25) is 0 Å². The summed E-state index contributed by atoms with van der Waals surface area (Å²) in [6.45, 7) is 6.89. The maximum absolute atomic E-state index is 13.2. The number of carbonyl (C=O) groups is 1. The van der Waals surface area contributed by atoms with Crippen molar-refractivity contribution in [2.75, 3.05) is 6.54 Å². The fourth-order valence-corrected chi connectivity index (χ4v) is 3.98.